The third-order valence-corrected chi connectivity index (χ3v) is 2.48. The van der Waals surface area contributed by atoms with Gasteiger partial charge in [0.15, 0.2) is 5.16 Å². The first-order chi connectivity index (χ1) is 7.79. The van der Waals surface area contributed by atoms with Crippen molar-refractivity contribution in [3.05, 3.63) is 18.5 Å². The lowest BCUT2D eigenvalue weighted by Gasteiger charge is -2.03. The van der Waals surface area contributed by atoms with Crippen molar-refractivity contribution in [2.24, 2.45) is 0 Å². The van der Waals surface area contributed by atoms with Crippen LogP contribution < -0.4 is 5.73 Å². The maximum Gasteiger partial charge on any atom is 0.256 e. The van der Waals surface area contributed by atoms with E-state index in [1.54, 1.807) is 18.5 Å². The Kier molecular flexibility index (Phi) is 3.32. The molecule has 8 heteroatoms. The van der Waals surface area contributed by atoms with E-state index in [1.165, 1.54) is 16.4 Å². The quantitative estimate of drug-likeness (QED) is 0.706. The van der Waals surface area contributed by atoms with E-state index in [-0.39, 0.29) is 12.6 Å². The Bertz CT molecular complexity index is 460. The molecule has 0 saturated carbocycles. The summed E-state index contributed by atoms with van der Waals surface area (Å²) in [5, 5.41) is 13.2. The maximum atomic E-state index is 8.71. The fourth-order valence-corrected chi connectivity index (χ4v) is 1.63. The highest BCUT2D eigenvalue weighted by atomic mass is 32.2. The number of anilines is 1. The molecule has 2 aromatic rings. The van der Waals surface area contributed by atoms with Crippen LogP contribution in [0.3, 0.4) is 0 Å². The van der Waals surface area contributed by atoms with Crippen molar-refractivity contribution in [2.75, 3.05) is 18.1 Å². The van der Waals surface area contributed by atoms with Crippen molar-refractivity contribution >= 4 is 17.7 Å². The normalized spacial score (nSPS) is 10.6. The van der Waals surface area contributed by atoms with Crippen LogP contribution in [0.1, 0.15) is 0 Å². The van der Waals surface area contributed by atoms with Gasteiger partial charge in [-0.15, -0.1) is 0 Å². The van der Waals surface area contributed by atoms with Crippen LogP contribution in [0.2, 0.25) is 0 Å². The van der Waals surface area contributed by atoms with E-state index in [1.807, 2.05) is 0 Å². The first kappa shape index (κ1) is 10.8. The summed E-state index contributed by atoms with van der Waals surface area (Å²) in [6.07, 6.45) is 3.34. The number of hydrogen-bond donors (Lipinski definition) is 2. The Morgan fingerprint density at radius 1 is 1.38 bits per heavy atom. The van der Waals surface area contributed by atoms with Crippen molar-refractivity contribution in [3.8, 4) is 5.95 Å². The summed E-state index contributed by atoms with van der Waals surface area (Å²) in [7, 11) is 0. The van der Waals surface area contributed by atoms with Crippen molar-refractivity contribution in [2.45, 2.75) is 5.16 Å². The summed E-state index contributed by atoms with van der Waals surface area (Å²) >= 11 is 1.31. The summed E-state index contributed by atoms with van der Waals surface area (Å²) in [5.41, 5.74) is 5.56. The van der Waals surface area contributed by atoms with Gasteiger partial charge in [0, 0.05) is 18.1 Å². The van der Waals surface area contributed by atoms with E-state index in [0.29, 0.717) is 16.9 Å². The Hall–Kier alpha value is -1.67. The molecular weight excluding hydrogens is 228 g/mol. The molecule has 16 heavy (non-hydrogen) atoms. The first-order valence-electron chi connectivity index (χ1n) is 4.55. The molecule has 0 aliphatic heterocycles. The predicted molar refractivity (Wildman–Crippen MR) is 59.2 cm³/mol. The highest BCUT2D eigenvalue weighted by molar-refractivity contribution is 7.99. The van der Waals surface area contributed by atoms with Crippen LogP contribution in [0.5, 0.6) is 0 Å². The highest BCUT2D eigenvalue weighted by Crippen LogP contribution is 2.13. The van der Waals surface area contributed by atoms with Crippen molar-refractivity contribution < 1.29 is 5.11 Å². The van der Waals surface area contributed by atoms with E-state index >= 15 is 0 Å². The topological polar surface area (TPSA) is 103 Å². The standard InChI is InChI=1S/C8H10N6OS/c9-6-11-7(14-3-1-2-10-14)13-8(12-6)16-5-4-15/h1-3,15H,4-5H2,(H2,9,11,12,13). The monoisotopic (exact) mass is 238 g/mol. The van der Waals surface area contributed by atoms with E-state index in [0.717, 1.165) is 0 Å². The number of nitrogen functional groups attached to an aromatic ring is 1. The molecule has 7 nitrogen and oxygen atoms in total. The van der Waals surface area contributed by atoms with E-state index in [2.05, 4.69) is 20.1 Å². The van der Waals surface area contributed by atoms with Gasteiger partial charge in [0.25, 0.3) is 5.95 Å². The van der Waals surface area contributed by atoms with Gasteiger partial charge in [-0.3, -0.25) is 0 Å². The van der Waals surface area contributed by atoms with Crippen LogP contribution in [-0.4, -0.2) is 42.2 Å². The van der Waals surface area contributed by atoms with Gasteiger partial charge in [-0.05, 0) is 6.07 Å². The zero-order valence-electron chi connectivity index (χ0n) is 8.32. The van der Waals surface area contributed by atoms with Gasteiger partial charge in [0.1, 0.15) is 0 Å². The summed E-state index contributed by atoms with van der Waals surface area (Å²) in [4.78, 5) is 12.1. The van der Waals surface area contributed by atoms with Gasteiger partial charge in [-0.1, -0.05) is 11.8 Å². The number of aromatic nitrogens is 5. The lowest BCUT2D eigenvalue weighted by atomic mass is 10.7. The molecule has 2 heterocycles. The van der Waals surface area contributed by atoms with Gasteiger partial charge in [0.05, 0.1) is 6.61 Å². The second kappa shape index (κ2) is 4.90. The second-order valence-electron chi connectivity index (χ2n) is 2.80. The minimum absolute atomic E-state index is 0.0629. The van der Waals surface area contributed by atoms with Gasteiger partial charge in [-0.2, -0.15) is 20.1 Å². The summed E-state index contributed by atoms with van der Waals surface area (Å²) < 4.78 is 1.50. The number of rotatable bonds is 4. The second-order valence-corrected chi connectivity index (χ2v) is 3.86. The maximum absolute atomic E-state index is 8.71. The molecular formula is C8H10N6OS. The summed E-state index contributed by atoms with van der Waals surface area (Å²) in [6, 6.07) is 1.76. The lowest BCUT2D eigenvalue weighted by molar-refractivity contribution is 0.322. The number of aliphatic hydroxyl groups excluding tert-OH is 1. The minimum atomic E-state index is 0.0629. The molecule has 0 fully saturated rings. The molecule has 0 amide bonds. The predicted octanol–water partition coefficient (Wildman–Crippen LogP) is -0.276. The molecule has 0 aliphatic carbocycles. The highest BCUT2D eigenvalue weighted by Gasteiger charge is 2.06. The van der Waals surface area contributed by atoms with Crippen LogP contribution in [0.15, 0.2) is 23.6 Å². The molecule has 0 bridgehead atoms. The SMILES string of the molecule is Nc1nc(SCCO)nc(-n2cccn2)n1. The Morgan fingerprint density at radius 3 is 2.94 bits per heavy atom. The minimum Gasteiger partial charge on any atom is -0.396 e. The molecule has 0 aromatic carbocycles. The molecule has 0 radical (unpaired) electrons. The molecule has 0 saturated heterocycles. The van der Waals surface area contributed by atoms with Gasteiger partial charge < -0.3 is 10.8 Å². The number of aliphatic hydroxyl groups is 1. The fraction of sp³-hybridized carbons (Fsp3) is 0.250. The van der Waals surface area contributed by atoms with E-state index < -0.39 is 0 Å². The molecule has 0 unspecified atom stereocenters. The molecule has 84 valence electrons. The zero-order chi connectivity index (χ0) is 11.4. The van der Waals surface area contributed by atoms with Crippen LogP contribution in [0.25, 0.3) is 5.95 Å². The lowest BCUT2D eigenvalue weighted by Crippen LogP contribution is -2.07. The van der Waals surface area contributed by atoms with Crippen LogP contribution in [0, 0.1) is 0 Å². The third kappa shape index (κ3) is 2.47. The smallest absolute Gasteiger partial charge is 0.256 e. The van der Waals surface area contributed by atoms with Gasteiger partial charge >= 0.3 is 0 Å². The van der Waals surface area contributed by atoms with Crippen molar-refractivity contribution in [1.29, 1.82) is 0 Å². The van der Waals surface area contributed by atoms with Crippen LogP contribution >= 0.6 is 11.8 Å². The zero-order valence-corrected chi connectivity index (χ0v) is 9.13. The molecule has 3 N–H and O–H groups in total. The Balaban J connectivity index is 2.29. The van der Waals surface area contributed by atoms with Crippen molar-refractivity contribution in [3.63, 3.8) is 0 Å². The molecule has 0 atom stereocenters. The average molecular weight is 238 g/mol. The van der Waals surface area contributed by atoms with E-state index in [9.17, 15) is 0 Å². The first-order valence-corrected chi connectivity index (χ1v) is 5.53. The number of nitrogens with zero attached hydrogens (tertiary/aromatic N) is 5. The molecule has 2 aromatic heterocycles. The third-order valence-electron chi connectivity index (χ3n) is 1.65. The number of hydrogen-bond acceptors (Lipinski definition) is 7. The van der Waals surface area contributed by atoms with Gasteiger partial charge in [-0.25, -0.2) is 4.68 Å². The summed E-state index contributed by atoms with van der Waals surface area (Å²) in [6.45, 7) is 0.0629. The van der Waals surface area contributed by atoms with Crippen LogP contribution in [0.4, 0.5) is 5.95 Å². The fourth-order valence-electron chi connectivity index (χ4n) is 1.05. The average Bonchev–Trinajstić information content (AvgIpc) is 2.79. The van der Waals surface area contributed by atoms with E-state index in [4.69, 9.17) is 10.8 Å². The Labute approximate surface area is 95.7 Å². The number of thioether (sulfide) groups is 1. The summed E-state index contributed by atoms with van der Waals surface area (Å²) in [5.74, 6) is 1.03. The Morgan fingerprint density at radius 2 is 2.25 bits per heavy atom. The molecule has 2 rings (SSSR count). The van der Waals surface area contributed by atoms with Gasteiger partial charge in [0.2, 0.25) is 5.95 Å². The number of nitrogens with two attached hydrogens (primary N) is 1. The molecule has 0 spiro atoms. The van der Waals surface area contributed by atoms with Crippen LogP contribution in [-0.2, 0) is 0 Å². The van der Waals surface area contributed by atoms with Crippen molar-refractivity contribution in [1.82, 2.24) is 24.7 Å². The largest absolute Gasteiger partial charge is 0.396 e. The molecule has 0 aliphatic rings.